The number of piperidine rings is 1. The molecule has 1 fully saturated rings. The highest BCUT2D eigenvalue weighted by atomic mass is 15.1. The zero-order chi connectivity index (χ0) is 12.0. The minimum Gasteiger partial charge on any atom is -0.315 e. The molecule has 3 heteroatoms. The second-order valence-corrected chi connectivity index (χ2v) is 5.71. The molecule has 1 aliphatic heterocycles. The molecule has 0 aromatic carbocycles. The standard InChI is InChI=1S/C13H25N3/c1-13(2,10-14)11-15-7-4-12-5-8-16(3)9-6-12/h12,15H,4-9,11H2,1-3H3. The van der Waals surface area contributed by atoms with Crippen LogP contribution in [0.4, 0.5) is 0 Å². The molecule has 0 bridgehead atoms. The summed E-state index contributed by atoms with van der Waals surface area (Å²) < 4.78 is 0. The van der Waals surface area contributed by atoms with Gasteiger partial charge in [-0.05, 0) is 65.7 Å². The van der Waals surface area contributed by atoms with Gasteiger partial charge in [-0.1, -0.05) is 0 Å². The van der Waals surface area contributed by atoms with Crippen LogP contribution in [0, 0.1) is 22.7 Å². The van der Waals surface area contributed by atoms with Crippen molar-refractivity contribution in [3.8, 4) is 6.07 Å². The summed E-state index contributed by atoms with van der Waals surface area (Å²) in [7, 11) is 2.20. The Morgan fingerprint density at radius 1 is 1.38 bits per heavy atom. The van der Waals surface area contributed by atoms with Crippen LogP contribution in [-0.4, -0.2) is 38.1 Å². The topological polar surface area (TPSA) is 39.1 Å². The SMILES string of the molecule is CN1CCC(CCNCC(C)(C)C#N)CC1. The first-order valence-electron chi connectivity index (χ1n) is 6.34. The van der Waals surface area contributed by atoms with Crippen molar-refractivity contribution in [1.82, 2.24) is 10.2 Å². The van der Waals surface area contributed by atoms with Crippen molar-refractivity contribution < 1.29 is 0 Å². The molecular weight excluding hydrogens is 198 g/mol. The van der Waals surface area contributed by atoms with Crippen molar-refractivity contribution in [1.29, 1.82) is 5.26 Å². The fourth-order valence-corrected chi connectivity index (χ4v) is 2.10. The highest BCUT2D eigenvalue weighted by Crippen LogP contribution is 2.19. The summed E-state index contributed by atoms with van der Waals surface area (Å²) in [6.07, 6.45) is 3.93. The predicted molar refractivity (Wildman–Crippen MR) is 67.1 cm³/mol. The van der Waals surface area contributed by atoms with E-state index in [1.165, 1.54) is 32.4 Å². The second kappa shape index (κ2) is 6.22. The summed E-state index contributed by atoms with van der Waals surface area (Å²) in [5, 5.41) is 12.3. The second-order valence-electron chi connectivity index (χ2n) is 5.71. The van der Waals surface area contributed by atoms with Crippen molar-refractivity contribution in [2.24, 2.45) is 11.3 Å². The maximum atomic E-state index is 8.88. The number of rotatable bonds is 5. The van der Waals surface area contributed by atoms with Gasteiger partial charge in [0.2, 0.25) is 0 Å². The first-order chi connectivity index (χ1) is 7.53. The lowest BCUT2D eigenvalue weighted by Gasteiger charge is -2.29. The van der Waals surface area contributed by atoms with Gasteiger partial charge in [0.1, 0.15) is 0 Å². The Morgan fingerprint density at radius 3 is 2.56 bits per heavy atom. The van der Waals surface area contributed by atoms with Crippen molar-refractivity contribution in [2.45, 2.75) is 33.1 Å². The van der Waals surface area contributed by atoms with Gasteiger partial charge in [-0.25, -0.2) is 0 Å². The number of nitrogens with one attached hydrogen (secondary N) is 1. The summed E-state index contributed by atoms with van der Waals surface area (Å²) in [5.41, 5.74) is -0.229. The summed E-state index contributed by atoms with van der Waals surface area (Å²) in [4.78, 5) is 2.41. The Hall–Kier alpha value is -0.590. The lowest BCUT2D eigenvalue weighted by Crippen LogP contribution is -2.33. The molecule has 1 aliphatic rings. The molecule has 0 spiro atoms. The quantitative estimate of drug-likeness (QED) is 0.723. The van der Waals surface area contributed by atoms with Crippen molar-refractivity contribution in [3.05, 3.63) is 0 Å². The average Bonchev–Trinajstić information content (AvgIpc) is 2.27. The van der Waals surface area contributed by atoms with Crippen LogP contribution in [0.15, 0.2) is 0 Å². The largest absolute Gasteiger partial charge is 0.315 e. The van der Waals surface area contributed by atoms with Crippen molar-refractivity contribution in [2.75, 3.05) is 33.2 Å². The van der Waals surface area contributed by atoms with Crippen LogP contribution in [0.3, 0.4) is 0 Å². The highest BCUT2D eigenvalue weighted by molar-refractivity contribution is 4.93. The summed E-state index contributed by atoms with van der Waals surface area (Å²) >= 11 is 0. The molecule has 0 saturated carbocycles. The molecular formula is C13H25N3. The van der Waals surface area contributed by atoms with Crippen LogP contribution in [0.2, 0.25) is 0 Å². The minimum atomic E-state index is -0.229. The predicted octanol–water partition coefficient (Wildman–Crippen LogP) is 1.86. The van der Waals surface area contributed by atoms with Gasteiger partial charge in [0.15, 0.2) is 0 Å². The zero-order valence-electron chi connectivity index (χ0n) is 10.9. The zero-order valence-corrected chi connectivity index (χ0v) is 10.9. The van der Waals surface area contributed by atoms with Gasteiger partial charge < -0.3 is 10.2 Å². The molecule has 0 atom stereocenters. The number of nitriles is 1. The molecule has 1 rings (SSSR count). The maximum absolute atomic E-state index is 8.88. The van der Waals surface area contributed by atoms with E-state index in [0.29, 0.717) is 0 Å². The van der Waals surface area contributed by atoms with E-state index in [9.17, 15) is 0 Å². The fraction of sp³-hybridized carbons (Fsp3) is 0.923. The molecule has 16 heavy (non-hydrogen) atoms. The Balaban J connectivity index is 2.06. The number of hydrogen-bond acceptors (Lipinski definition) is 3. The molecule has 0 unspecified atom stereocenters. The van der Waals surface area contributed by atoms with Gasteiger partial charge in [-0.3, -0.25) is 0 Å². The summed E-state index contributed by atoms with van der Waals surface area (Å²) in [6.45, 7) is 8.31. The Labute approximate surface area is 99.8 Å². The third-order valence-corrected chi connectivity index (χ3v) is 3.44. The van der Waals surface area contributed by atoms with Crippen LogP contribution in [0.1, 0.15) is 33.1 Å². The number of likely N-dealkylation sites (tertiary alicyclic amines) is 1. The maximum Gasteiger partial charge on any atom is 0.0697 e. The molecule has 1 saturated heterocycles. The smallest absolute Gasteiger partial charge is 0.0697 e. The summed E-state index contributed by atoms with van der Waals surface area (Å²) in [5.74, 6) is 0.883. The van der Waals surface area contributed by atoms with E-state index in [2.05, 4.69) is 23.3 Å². The van der Waals surface area contributed by atoms with Gasteiger partial charge in [0.05, 0.1) is 11.5 Å². The monoisotopic (exact) mass is 223 g/mol. The van der Waals surface area contributed by atoms with Crippen LogP contribution in [0.25, 0.3) is 0 Å². The van der Waals surface area contributed by atoms with Crippen molar-refractivity contribution in [3.63, 3.8) is 0 Å². The van der Waals surface area contributed by atoms with E-state index in [1.54, 1.807) is 0 Å². The first kappa shape index (κ1) is 13.5. The molecule has 92 valence electrons. The molecule has 0 amide bonds. The minimum absolute atomic E-state index is 0.229. The highest BCUT2D eigenvalue weighted by Gasteiger charge is 2.18. The molecule has 3 nitrogen and oxygen atoms in total. The van der Waals surface area contributed by atoms with Crippen LogP contribution in [0.5, 0.6) is 0 Å². The summed E-state index contributed by atoms with van der Waals surface area (Å²) in [6, 6.07) is 2.32. The van der Waals surface area contributed by atoms with Gasteiger partial charge >= 0.3 is 0 Å². The number of hydrogen-bond donors (Lipinski definition) is 1. The van der Waals surface area contributed by atoms with Crippen LogP contribution < -0.4 is 5.32 Å². The third-order valence-electron chi connectivity index (χ3n) is 3.44. The third kappa shape index (κ3) is 4.96. The molecule has 0 aromatic heterocycles. The van der Waals surface area contributed by atoms with Gasteiger partial charge in [0.25, 0.3) is 0 Å². The first-order valence-corrected chi connectivity index (χ1v) is 6.34. The van der Waals surface area contributed by atoms with E-state index in [0.717, 1.165) is 19.0 Å². The van der Waals surface area contributed by atoms with Gasteiger partial charge in [-0.2, -0.15) is 5.26 Å². The van der Waals surface area contributed by atoms with Gasteiger partial charge in [-0.15, -0.1) is 0 Å². The van der Waals surface area contributed by atoms with E-state index in [-0.39, 0.29) is 5.41 Å². The Kier molecular flexibility index (Phi) is 5.24. The van der Waals surface area contributed by atoms with Crippen LogP contribution >= 0.6 is 0 Å². The lowest BCUT2D eigenvalue weighted by molar-refractivity contribution is 0.211. The van der Waals surface area contributed by atoms with Gasteiger partial charge in [0, 0.05) is 6.54 Å². The normalized spacial score (nSPS) is 19.6. The van der Waals surface area contributed by atoms with Crippen molar-refractivity contribution >= 4 is 0 Å². The Bertz CT molecular complexity index is 234. The van der Waals surface area contributed by atoms with E-state index >= 15 is 0 Å². The molecule has 0 radical (unpaired) electrons. The Morgan fingerprint density at radius 2 is 2.00 bits per heavy atom. The number of nitrogens with zero attached hydrogens (tertiary/aromatic N) is 2. The molecule has 0 aliphatic carbocycles. The lowest BCUT2D eigenvalue weighted by atomic mass is 9.93. The average molecular weight is 223 g/mol. The molecule has 1 heterocycles. The van der Waals surface area contributed by atoms with E-state index in [4.69, 9.17) is 5.26 Å². The van der Waals surface area contributed by atoms with E-state index < -0.39 is 0 Å². The van der Waals surface area contributed by atoms with Crippen LogP contribution in [-0.2, 0) is 0 Å². The fourth-order valence-electron chi connectivity index (χ4n) is 2.10. The molecule has 0 aromatic rings. The molecule has 1 N–H and O–H groups in total. The van der Waals surface area contributed by atoms with E-state index in [1.807, 2.05) is 13.8 Å².